The molecule has 0 radical (unpaired) electrons. The van der Waals surface area contributed by atoms with E-state index < -0.39 is 0 Å². The van der Waals surface area contributed by atoms with E-state index in [1.54, 1.807) is 0 Å². The standard InChI is InChI=1S/C13H28N4/c1-13(2)17-11-9-16(10-12-17)8-7-15-5-3-14-4-6-15/h13-14H,3-12H2,1-2H3. The van der Waals surface area contributed by atoms with Gasteiger partial charge < -0.3 is 5.32 Å². The van der Waals surface area contributed by atoms with Crippen LogP contribution in [0.2, 0.25) is 0 Å². The molecule has 2 saturated heterocycles. The number of hydrogen-bond acceptors (Lipinski definition) is 4. The molecule has 2 aliphatic rings. The molecule has 0 aromatic heterocycles. The zero-order valence-electron chi connectivity index (χ0n) is 11.5. The molecule has 0 bridgehead atoms. The molecule has 2 heterocycles. The topological polar surface area (TPSA) is 21.8 Å². The molecule has 2 fully saturated rings. The zero-order valence-corrected chi connectivity index (χ0v) is 11.5. The van der Waals surface area contributed by atoms with Crippen LogP contribution in [0.3, 0.4) is 0 Å². The van der Waals surface area contributed by atoms with Crippen molar-refractivity contribution < 1.29 is 0 Å². The molecule has 0 saturated carbocycles. The van der Waals surface area contributed by atoms with Gasteiger partial charge in [0, 0.05) is 71.5 Å². The van der Waals surface area contributed by atoms with Gasteiger partial charge in [0.15, 0.2) is 0 Å². The Labute approximate surface area is 106 Å². The van der Waals surface area contributed by atoms with E-state index in [9.17, 15) is 0 Å². The molecule has 0 aromatic rings. The number of nitrogens with zero attached hydrogens (tertiary/aromatic N) is 3. The Balaban J connectivity index is 1.61. The van der Waals surface area contributed by atoms with Crippen molar-refractivity contribution in [2.75, 3.05) is 65.4 Å². The van der Waals surface area contributed by atoms with Gasteiger partial charge in [-0.2, -0.15) is 0 Å². The third-order valence-corrected chi connectivity index (χ3v) is 4.08. The first-order valence-electron chi connectivity index (χ1n) is 7.15. The highest BCUT2D eigenvalue weighted by Crippen LogP contribution is 2.05. The summed E-state index contributed by atoms with van der Waals surface area (Å²) >= 11 is 0. The van der Waals surface area contributed by atoms with Crippen LogP contribution in [0.4, 0.5) is 0 Å². The molecule has 0 amide bonds. The maximum Gasteiger partial charge on any atom is 0.0113 e. The molecule has 100 valence electrons. The Kier molecular flexibility index (Phi) is 5.22. The van der Waals surface area contributed by atoms with Crippen molar-refractivity contribution >= 4 is 0 Å². The normalized spacial score (nSPS) is 25.6. The maximum absolute atomic E-state index is 3.41. The maximum atomic E-state index is 3.41. The number of rotatable bonds is 4. The van der Waals surface area contributed by atoms with Crippen molar-refractivity contribution in [1.82, 2.24) is 20.0 Å². The fourth-order valence-corrected chi connectivity index (χ4v) is 2.72. The van der Waals surface area contributed by atoms with Gasteiger partial charge >= 0.3 is 0 Å². The number of hydrogen-bond donors (Lipinski definition) is 1. The highest BCUT2D eigenvalue weighted by Gasteiger charge is 2.19. The fourth-order valence-electron chi connectivity index (χ4n) is 2.72. The van der Waals surface area contributed by atoms with E-state index in [4.69, 9.17) is 0 Å². The molecule has 0 spiro atoms. The number of nitrogens with one attached hydrogen (secondary N) is 1. The molecular formula is C13H28N4. The molecule has 2 rings (SSSR count). The van der Waals surface area contributed by atoms with Crippen molar-refractivity contribution in [1.29, 1.82) is 0 Å². The van der Waals surface area contributed by atoms with Crippen molar-refractivity contribution in [3.8, 4) is 0 Å². The molecule has 0 aromatic carbocycles. The van der Waals surface area contributed by atoms with E-state index >= 15 is 0 Å². The summed E-state index contributed by atoms with van der Waals surface area (Å²) < 4.78 is 0. The van der Waals surface area contributed by atoms with Crippen molar-refractivity contribution in [3.05, 3.63) is 0 Å². The highest BCUT2D eigenvalue weighted by atomic mass is 15.3. The van der Waals surface area contributed by atoms with Crippen LogP contribution in [-0.2, 0) is 0 Å². The summed E-state index contributed by atoms with van der Waals surface area (Å²) in [6, 6.07) is 0.713. The Hall–Kier alpha value is -0.160. The molecule has 0 aliphatic carbocycles. The predicted octanol–water partition coefficient (Wildman–Crippen LogP) is -0.0824. The second kappa shape index (κ2) is 6.69. The largest absolute Gasteiger partial charge is 0.314 e. The first-order chi connectivity index (χ1) is 8.25. The molecule has 4 heteroatoms. The second-order valence-corrected chi connectivity index (χ2v) is 5.56. The third-order valence-electron chi connectivity index (χ3n) is 4.08. The average Bonchev–Trinajstić information content (AvgIpc) is 2.38. The van der Waals surface area contributed by atoms with Gasteiger partial charge in [0.05, 0.1) is 0 Å². The SMILES string of the molecule is CC(C)N1CCN(CCN2CCNCC2)CC1. The average molecular weight is 240 g/mol. The fraction of sp³-hybridized carbons (Fsp3) is 1.00. The van der Waals surface area contributed by atoms with E-state index in [0.29, 0.717) is 6.04 Å². The first-order valence-corrected chi connectivity index (χ1v) is 7.15. The van der Waals surface area contributed by atoms with Gasteiger partial charge in [-0.1, -0.05) is 0 Å². The van der Waals surface area contributed by atoms with Crippen molar-refractivity contribution in [2.24, 2.45) is 0 Å². The lowest BCUT2D eigenvalue weighted by molar-refractivity contribution is 0.0967. The molecule has 4 nitrogen and oxygen atoms in total. The summed E-state index contributed by atoms with van der Waals surface area (Å²) in [5.74, 6) is 0. The quantitative estimate of drug-likeness (QED) is 0.742. The Bertz CT molecular complexity index is 205. The first kappa shape index (κ1) is 13.3. The van der Waals surface area contributed by atoms with Crippen LogP contribution in [0.15, 0.2) is 0 Å². The molecule has 17 heavy (non-hydrogen) atoms. The van der Waals surface area contributed by atoms with Crippen molar-refractivity contribution in [3.63, 3.8) is 0 Å². The molecule has 2 aliphatic heterocycles. The zero-order chi connectivity index (χ0) is 12.1. The Morgan fingerprint density at radius 2 is 1.35 bits per heavy atom. The minimum atomic E-state index is 0.713. The van der Waals surface area contributed by atoms with Gasteiger partial charge in [-0.25, -0.2) is 0 Å². The van der Waals surface area contributed by atoms with E-state index in [-0.39, 0.29) is 0 Å². The van der Waals surface area contributed by atoms with Crippen LogP contribution in [-0.4, -0.2) is 86.2 Å². The minimum absolute atomic E-state index is 0.713. The third kappa shape index (κ3) is 4.21. The molecule has 0 atom stereocenters. The summed E-state index contributed by atoms with van der Waals surface area (Å²) in [5, 5.41) is 3.41. The Morgan fingerprint density at radius 1 is 0.824 bits per heavy atom. The molecule has 0 unspecified atom stereocenters. The Morgan fingerprint density at radius 3 is 1.88 bits per heavy atom. The van der Waals surface area contributed by atoms with Crippen molar-refractivity contribution in [2.45, 2.75) is 19.9 Å². The van der Waals surface area contributed by atoms with Gasteiger partial charge in [0.2, 0.25) is 0 Å². The summed E-state index contributed by atoms with van der Waals surface area (Å²) in [7, 11) is 0. The summed E-state index contributed by atoms with van der Waals surface area (Å²) in [4.78, 5) is 7.80. The smallest absolute Gasteiger partial charge is 0.0113 e. The highest BCUT2D eigenvalue weighted by molar-refractivity contribution is 4.76. The van der Waals surface area contributed by atoms with Crippen LogP contribution < -0.4 is 5.32 Å². The lowest BCUT2D eigenvalue weighted by Crippen LogP contribution is -2.51. The van der Waals surface area contributed by atoms with E-state index in [0.717, 1.165) is 0 Å². The minimum Gasteiger partial charge on any atom is -0.314 e. The van der Waals surface area contributed by atoms with Crippen LogP contribution in [0, 0.1) is 0 Å². The lowest BCUT2D eigenvalue weighted by Gasteiger charge is -2.38. The molecular weight excluding hydrogens is 212 g/mol. The van der Waals surface area contributed by atoms with Gasteiger partial charge in [0.1, 0.15) is 0 Å². The number of piperazine rings is 2. The van der Waals surface area contributed by atoms with Crippen LogP contribution in [0.1, 0.15) is 13.8 Å². The van der Waals surface area contributed by atoms with Crippen LogP contribution >= 0.6 is 0 Å². The summed E-state index contributed by atoms with van der Waals surface area (Å²) in [5.41, 5.74) is 0. The van der Waals surface area contributed by atoms with E-state index in [1.165, 1.54) is 65.4 Å². The lowest BCUT2D eigenvalue weighted by atomic mass is 10.2. The van der Waals surface area contributed by atoms with Crippen LogP contribution in [0.5, 0.6) is 0 Å². The van der Waals surface area contributed by atoms with E-state index in [2.05, 4.69) is 33.9 Å². The van der Waals surface area contributed by atoms with Gasteiger partial charge in [-0.05, 0) is 13.8 Å². The summed E-state index contributed by atoms with van der Waals surface area (Å²) in [6.07, 6.45) is 0. The molecule has 1 N–H and O–H groups in total. The van der Waals surface area contributed by atoms with Gasteiger partial charge in [0.25, 0.3) is 0 Å². The van der Waals surface area contributed by atoms with E-state index in [1.807, 2.05) is 0 Å². The summed E-state index contributed by atoms with van der Waals surface area (Å²) in [6.45, 7) is 16.9. The monoisotopic (exact) mass is 240 g/mol. The second-order valence-electron chi connectivity index (χ2n) is 5.56. The predicted molar refractivity (Wildman–Crippen MR) is 72.5 cm³/mol. The van der Waals surface area contributed by atoms with Gasteiger partial charge in [-0.15, -0.1) is 0 Å². The van der Waals surface area contributed by atoms with Crippen LogP contribution in [0.25, 0.3) is 0 Å². The van der Waals surface area contributed by atoms with Gasteiger partial charge in [-0.3, -0.25) is 14.7 Å².